The van der Waals surface area contributed by atoms with E-state index in [1.165, 1.54) is 0 Å². The molecule has 1 aromatic carbocycles. The highest BCUT2D eigenvalue weighted by Crippen LogP contribution is 2.29. The van der Waals surface area contributed by atoms with Crippen molar-refractivity contribution in [3.63, 3.8) is 0 Å². The minimum absolute atomic E-state index is 0.0583. The van der Waals surface area contributed by atoms with E-state index in [4.69, 9.17) is 16.3 Å². The number of nitrogens with one attached hydrogen (secondary N) is 1. The molecule has 0 saturated heterocycles. The smallest absolute Gasteiger partial charge is 0.197 e. The van der Waals surface area contributed by atoms with Crippen molar-refractivity contribution in [2.45, 2.75) is 6.92 Å². The van der Waals surface area contributed by atoms with Crippen LogP contribution in [0.3, 0.4) is 0 Å². The molecule has 3 rings (SSSR count). The Kier molecular flexibility index (Phi) is 3.39. The molecular weight excluding hydrogens is 288 g/mol. The molecule has 1 N–H and O–H groups in total. The molecule has 0 spiro atoms. The second kappa shape index (κ2) is 5.22. The van der Waals surface area contributed by atoms with E-state index in [1.807, 2.05) is 19.1 Å². The lowest BCUT2D eigenvalue weighted by molar-refractivity contribution is 0.415. The Morgan fingerprint density at radius 1 is 1.24 bits per heavy atom. The van der Waals surface area contributed by atoms with Gasteiger partial charge in [0.2, 0.25) is 0 Å². The summed E-state index contributed by atoms with van der Waals surface area (Å²) in [4.78, 5) is 20.0. The van der Waals surface area contributed by atoms with Gasteiger partial charge in [0.25, 0.3) is 0 Å². The summed E-state index contributed by atoms with van der Waals surface area (Å²) >= 11 is 6.13. The Hall–Kier alpha value is -2.33. The summed E-state index contributed by atoms with van der Waals surface area (Å²) in [6.45, 7) is 1.87. The number of aryl methyl sites for hydroxylation is 1. The van der Waals surface area contributed by atoms with Crippen molar-refractivity contribution in [2.24, 2.45) is 0 Å². The SMILES string of the molecule is COc1cc2[nH]c(C)c(-c3ccncc3)c(=O)c2cc1Cl. The lowest BCUT2D eigenvalue weighted by Crippen LogP contribution is -2.09. The van der Waals surface area contributed by atoms with Crippen LogP contribution in [-0.2, 0) is 0 Å². The van der Waals surface area contributed by atoms with E-state index in [2.05, 4.69) is 9.97 Å². The molecule has 0 saturated carbocycles. The number of hydrogen-bond donors (Lipinski definition) is 1. The Morgan fingerprint density at radius 2 is 1.95 bits per heavy atom. The van der Waals surface area contributed by atoms with E-state index < -0.39 is 0 Å². The summed E-state index contributed by atoms with van der Waals surface area (Å²) in [5.74, 6) is 0.538. The van der Waals surface area contributed by atoms with Crippen molar-refractivity contribution in [3.8, 4) is 16.9 Å². The number of pyridine rings is 2. The van der Waals surface area contributed by atoms with Crippen LogP contribution < -0.4 is 10.2 Å². The van der Waals surface area contributed by atoms with Gasteiger partial charge in [-0.3, -0.25) is 9.78 Å². The van der Waals surface area contributed by atoms with Gasteiger partial charge in [0.15, 0.2) is 5.43 Å². The zero-order valence-electron chi connectivity index (χ0n) is 11.6. The fraction of sp³-hybridized carbons (Fsp3) is 0.125. The highest BCUT2D eigenvalue weighted by molar-refractivity contribution is 6.32. The second-order valence-corrected chi connectivity index (χ2v) is 5.13. The number of aromatic nitrogens is 2. The summed E-state index contributed by atoms with van der Waals surface area (Å²) in [5.41, 5.74) is 2.90. The third-order valence-electron chi connectivity index (χ3n) is 3.43. The van der Waals surface area contributed by atoms with Crippen LogP contribution in [0.1, 0.15) is 5.69 Å². The number of benzene rings is 1. The molecular formula is C16H13ClN2O2. The molecule has 4 nitrogen and oxygen atoms in total. The summed E-state index contributed by atoms with van der Waals surface area (Å²) < 4.78 is 5.19. The normalized spacial score (nSPS) is 10.8. The van der Waals surface area contributed by atoms with E-state index >= 15 is 0 Å². The first-order valence-corrected chi connectivity index (χ1v) is 6.80. The first-order valence-electron chi connectivity index (χ1n) is 6.42. The van der Waals surface area contributed by atoms with Crippen molar-refractivity contribution in [2.75, 3.05) is 7.11 Å². The van der Waals surface area contributed by atoms with E-state index in [9.17, 15) is 4.79 Å². The predicted octanol–water partition coefficient (Wildman–Crippen LogP) is 3.56. The third kappa shape index (κ3) is 2.28. The number of methoxy groups -OCH3 is 1. The number of aromatic amines is 1. The van der Waals surface area contributed by atoms with E-state index in [0.717, 1.165) is 11.3 Å². The molecule has 106 valence electrons. The zero-order valence-corrected chi connectivity index (χ0v) is 12.4. The van der Waals surface area contributed by atoms with Crippen molar-refractivity contribution in [1.29, 1.82) is 0 Å². The largest absolute Gasteiger partial charge is 0.495 e. The molecule has 0 unspecified atom stereocenters. The minimum Gasteiger partial charge on any atom is -0.495 e. The maximum Gasteiger partial charge on any atom is 0.197 e. The minimum atomic E-state index is -0.0583. The molecule has 21 heavy (non-hydrogen) atoms. The van der Waals surface area contributed by atoms with Gasteiger partial charge in [0, 0.05) is 35.1 Å². The van der Waals surface area contributed by atoms with Gasteiger partial charge in [-0.25, -0.2) is 0 Å². The summed E-state index contributed by atoms with van der Waals surface area (Å²) in [6.07, 6.45) is 3.33. The molecule has 0 radical (unpaired) electrons. The number of H-pyrrole nitrogens is 1. The Balaban J connectivity index is 2.37. The average Bonchev–Trinajstić information content (AvgIpc) is 2.49. The fourth-order valence-corrected chi connectivity index (χ4v) is 2.68. The van der Waals surface area contributed by atoms with Crippen LogP contribution in [0.4, 0.5) is 0 Å². The highest BCUT2D eigenvalue weighted by Gasteiger charge is 2.13. The van der Waals surface area contributed by atoms with Crippen LogP contribution in [0.2, 0.25) is 5.02 Å². The van der Waals surface area contributed by atoms with Crippen LogP contribution in [0.5, 0.6) is 5.75 Å². The molecule has 0 atom stereocenters. The number of halogens is 1. The number of hydrogen-bond acceptors (Lipinski definition) is 3. The Labute approximate surface area is 126 Å². The summed E-state index contributed by atoms with van der Waals surface area (Å²) in [7, 11) is 1.54. The molecule has 3 aromatic rings. The molecule has 2 heterocycles. The van der Waals surface area contributed by atoms with E-state index in [1.54, 1.807) is 31.6 Å². The van der Waals surface area contributed by atoms with Crippen molar-refractivity contribution < 1.29 is 4.74 Å². The monoisotopic (exact) mass is 300 g/mol. The fourth-order valence-electron chi connectivity index (χ4n) is 2.44. The van der Waals surface area contributed by atoms with Gasteiger partial charge in [-0.2, -0.15) is 0 Å². The van der Waals surface area contributed by atoms with Crippen LogP contribution in [-0.4, -0.2) is 17.1 Å². The van der Waals surface area contributed by atoms with Gasteiger partial charge >= 0.3 is 0 Å². The van der Waals surface area contributed by atoms with Crippen LogP contribution in [0.25, 0.3) is 22.0 Å². The van der Waals surface area contributed by atoms with Crippen LogP contribution in [0, 0.1) is 6.92 Å². The molecule has 0 aliphatic heterocycles. The van der Waals surface area contributed by atoms with E-state index in [0.29, 0.717) is 27.2 Å². The molecule has 5 heteroatoms. The maximum atomic E-state index is 12.8. The van der Waals surface area contributed by atoms with Gasteiger partial charge in [0.1, 0.15) is 5.75 Å². The lowest BCUT2D eigenvalue weighted by atomic mass is 10.0. The molecule has 0 bridgehead atoms. The predicted molar refractivity (Wildman–Crippen MR) is 84.1 cm³/mol. The standard InChI is InChI=1S/C16H13ClN2O2/c1-9-15(10-3-5-18-6-4-10)16(20)11-7-12(17)14(21-2)8-13(11)19-9/h3-8H,1-2H3,(H,19,20). The van der Waals surface area contributed by atoms with Gasteiger partial charge in [-0.15, -0.1) is 0 Å². The van der Waals surface area contributed by atoms with Crippen molar-refractivity contribution in [3.05, 3.63) is 57.6 Å². The van der Waals surface area contributed by atoms with Crippen molar-refractivity contribution in [1.82, 2.24) is 9.97 Å². The Morgan fingerprint density at radius 3 is 2.62 bits per heavy atom. The third-order valence-corrected chi connectivity index (χ3v) is 3.73. The zero-order chi connectivity index (χ0) is 15.0. The van der Waals surface area contributed by atoms with Crippen molar-refractivity contribution >= 4 is 22.5 Å². The average molecular weight is 301 g/mol. The first kappa shape index (κ1) is 13.6. The molecule has 2 aromatic heterocycles. The van der Waals surface area contributed by atoms with Gasteiger partial charge in [-0.1, -0.05) is 11.6 Å². The lowest BCUT2D eigenvalue weighted by Gasteiger charge is -2.10. The molecule has 0 aliphatic rings. The van der Waals surface area contributed by atoms with Crippen LogP contribution >= 0.6 is 11.6 Å². The maximum absolute atomic E-state index is 12.8. The number of fused-ring (bicyclic) bond motifs is 1. The molecule has 0 amide bonds. The van der Waals surface area contributed by atoms with Gasteiger partial charge in [-0.05, 0) is 30.7 Å². The summed E-state index contributed by atoms with van der Waals surface area (Å²) in [6, 6.07) is 7.00. The second-order valence-electron chi connectivity index (χ2n) is 4.72. The highest BCUT2D eigenvalue weighted by atomic mass is 35.5. The molecule has 0 fully saturated rings. The Bertz CT molecular complexity index is 873. The number of ether oxygens (including phenoxy) is 1. The number of rotatable bonds is 2. The van der Waals surface area contributed by atoms with E-state index in [-0.39, 0.29) is 5.43 Å². The first-order chi connectivity index (χ1) is 10.1. The summed E-state index contributed by atoms with van der Waals surface area (Å²) in [5, 5.41) is 0.957. The quantitative estimate of drug-likeness (QED) is 0.787. The topological polar surface area (TPSA) is 55.0 Å². The molecule has 0 aliphatic carbocycles. The van der Waals surface area contributed by atoms with Gasteiger partial charge < -0.3 is 9.72 Å². The number of nitrogens with zero attached hydrogens (tertiary/aromatic N) is 1. The van der Waals surface area contributed by atoms with Gasteiger partial charge in [0.05, 0.1) is 17.6 Å². The van der Waals surface area contributed by atoms with Crippen LogP contribution in [0.15, 0.2) is 41.5 Å².